The van der Waals surface area contributed by atoms with Gasteiger partial charge < -0.3 is 5.32 Å². The third-order valence-electron chi connectivity index (χ3n) is 3.56. The summed E-state index contributed by atoms with van der Waals surface area (Å²) in [5, 5.41) is 11.2. The normalized spacial score (nSPS) is 24.1. The predicted octanol–water partition coefficient (Wildman–Crippen LogP) is 0.706. The van der Waals surface area contributed by atoms with Crippen LogP contribution in [0.2, 0.25) is 0 Å². The maximum absolute atomic E-state index is 12.4. The van der Waals surface area contributed by atoms with Crippen LogP contribution in [0.5, 0.6) is 0 Å². The molecular formula is C12H20N4O. The summed E-state index contributed by atoms with van der Waals surface area (Å²) in [4.78, 5) is 12.4. The van der Waals surface area contributed by atoms with Gasteiger partial charge >= 0.3 is 0 Å². The van der Waals surface area contributed by atoms with Gasteiger partial charge in [0.25, 0.3) is 0 Å². The summed E-state index contributed by atoms with van der Waals surface area (Å²) < 4.78 is 1.64. The molecule has 0 spiro atoms. The van der Waals surface area contributed by atoms with Gasteiger partial charge in [0.15, 0.2) is 0 Å². The summed E-state index contributed by atoms with van der Waals surface area (Å²) in [5.74, 6) is 0.310. The number of rotatable bonds is 5. The van der Waals surface area contributed by atoms with Gasteiger partial charge in [-0.25, -0.2) is 0 Å². The van der Waals surface area contributed by atoms with Crippen LogP contribution in [-0.2, 0) is 18.3 Å². The van der Waals surface area contributed by atoms with Crippen molar-refractivity contribution in [1.82, 2.24) is 20.3 Å². The Labute approximate surface area is 102 Å². The van der Waals surface area contributed by atoms with Gasteiger partial charge in [-0.3, -0.25) is 9.48 Å². The number of nitrogens with one attached hydrogen (secondary N) is 1. The fourth-order valence-corrected chi connectivity index (χ4v) is 2.64. The van der Waals surface area contributed by atoms with E-state index in [4.69, 9.17) is 0 Å². The van der Waals surface area contributed by atoms with Crippen LogP contribution >= 0.6 is 0 Å². The molecule has 2 rings (SSSR count). The summed E-state index contributed by atoms with van der Waals surface area (Å²) in [6.07, 6.45) is 5.21. The highest BCUT2D eigenvalue weighted by Gasteiger charge is 2.39. The summed E-state index contributed by atoms with van der Waals surface area (Å²) in [5.41, 5.74) is 0.617. The third-order valence-corrected chi connectivity index (χ3v) is 3.56. The molecule has 1 aromatic heterocycles. The van der Waals surface area contributed by atoms with Gasteiger partial charge in [0.1, 0.15) is 5.78 Å². The van der Waals surface area contributed by atoms with Crippen LogP contribution in [0.1, 0.15) is 31.9 Å². The lowest BCUT2D eigenvalue weighted by atomic mass is 9.77. The van der Waals surface area contributed by atoms with Crippen molar-refractivity contribution < 1.29 is 4.79 Å². The first-order chi connectivity index (χ1) is 8.16. The average Bonchev–Trinajstić information content (AvgIpc) is 2.89. The predicted molar refractivity (Wildman–Crippen MR) is 64.5 cm³/mol. The Morgan fingerprint density at radius 3 is 3.00 bits per heavy atom. The second-order valence-electron chi connectivity index (χ2n) is 4.94. The fraction of sp³-hybridized carbons (Fsp3) is 0.750. The topological polar surface area (TPSA) is 59.8 Å². The molecule has 0 aromatic carbocycles. The van der Waals surface area contributed by atoms with E-state index in [-0.39, 0.29) is 5.41 Å². The molecule has 1 unspecified atom stereocenters. The third kappa shape index (κ3) is 2.54. The Kier molecular flexibility index (Phi) is 3.57. The van der Waals surface area contributed by atoms with Crippen LogP contribution in [-0.4, -0.2) is 33.9 Å². The van der Waals surface area contributed by atoms with Crippen molar-refractivity contribution in [2.24, 2.45) is 12.5 Å². The summed E-state index contributed by atoms with van der Waals surface area (Å²) in [6, 6.07) is 0. The average molecular weight is 236 g/mol. The van der Waals surface area contributed by atoms with Crippen LogP contribution < -0.4 is 5.32 Å². The molecule has 94 valence electrons. The molecule has 0 bridgehead atoms. The molecule has 2 heterocycles. The molecule has 1 fully saturated rings. The number of hydrogen-bond acceptors (Lipinski definition) is 4. The molecule has 1 saturated heterocycles. The van der Waals surface area contributed by atoms with E-state index in [1.807, 2.05) is 13.2 Å². The van der Waals surface area contributed by atoms with Crippen molar-refractivity contribution in [1.29, 1.82) is 0 Å². The lowest BCUT2D eigenvalue weighted by Gasteiger charge is -2.25. The second kappa shape index (κ2) is 4.96. The lowest BCUT2D eigenvalue weighted by Crippen LogP contribution is -2.34. The zero-order valence-electron chi connectivity index (χ0n) is 10.6. The molecule has 5 nitrogen and oxygen atoms in total. The highest BCUT2D eigenvalue weighted by Crippen LogP contribution is 2.33. The first-order valence-corrected chi connectivity index (χ1v) is 6.25. The van der Waals surface area contributed by atoms with E-state index in [1.165, 1.54) is 0 Å². The van der Waals surface area contributed by atoms with Crippen LogP contribution in [0.3, 0.4) is 0 Å². The minimum absolute atomic E-state index is 0.160. The molecule has 0 aliphatic carbocycles. The van der Waals surface area contributed by atoms with E-state index in [2.05, 4.69) is 22.6 Å². The first-order valence-electron chi connectivity index (χ1n) is 6.25. The SMILES string of the molecule is CCCC1(C(=O)Cc2cn(C)nn2)CCNC1. The van der Waals surface area contributed by atoms with Crippen LogP contribution in [0.4, 0.5) is 0 Å². The number of hydrogen-bond donors (Lipinski definition) is 1. The standard InChI is InChI=1S/C12H20N4O/c1-3-4-12(5-6-13-9-12)11(17)7-10-8-16(2)15-14-10/h8,13H,3-7,9H2,1-2H3. The number of aryl methyl sites for hydroxylation is 1. The molecule has 0 radical (unpaired) electrons. The van der Waals surface area contributed by atoms with Gasteiger partial charge in [-0.1, -0.05) is 18.6 Å². The molecule has 1 aromatic rings. The van der Waals surface area contributed by atoms with E-state index in [0.29, 0.717) is 12.2 Å². The van der Waals surface area contributed by atoms with Gasteiger partial charge in [0.2, 0.25) is 0 Å². The Balaban J connectivity index is 2.06. The van der Waals surface area contributed by atoms with Crippen molar-refractivity contribution in [2.75, 3.05) is 13.1 Å². The second-order valence-corrected chi connectivity index (χ2v) is 4.94. The highest BCUT2D eigenvalue weighted by atomic mass is 16.1. The van der Waals surface area contributed by atoms with Gasteiger partial charge in [-0.15, -0.1) is 5.10 Å². The van der Waals surface area contributed by atoms with Crippen LogP contribution in [0.25, 0.3) is 0 Å². The van der Waals surface area contributed by atoms with E-state index in [1.54, 1.807) is 4.68 Å². The summed E-state index contributed by atoms with van der Waals surface area (Å²) in [6.45, 7) is 3.90. The van der Waals surface area contributed by atoms with Crippen molar-refractivity contribution in [3.63, 3.8) is 0 Å². The smallest absolute Gasteiger partial charge is 0.146 e. The van der Waals surface area contributed by atoms with Gasteiger partial charge in [-0.05, 0) is 19.4 Å². The number of carbonyl (C=O) groups excluding carboxylic acids is 1. The quantitative estimate of drug-likeness (QED) is 0.818. The molecule has 1 atom stereocenters. The molecule has 1 aliphatic heterocycles. The Bertz CT molecular complexity index is 393. The molecule has 0 saturated carbocycles. The lowest BCUT2D eigenvalue weighted by molar-refractivity contribution is -0.127. The van der Waals surface area contributed by atoms with Crippen molar-refractivity contribution >= 4 is 5.78 Å². The fourth-order valence-electron chi connectivity index (χ4n) is 2.64. The van der Waals surface area contributed by atoms with Crippen LogP contribution in [0.15, 0.2) is 6.20 Å². The van der Waals surface area contributed by atoms with Crippen molar-refractivity contribution in [3.05, 3.63) is 11.9 Å². The first kappa shape index (κ1) is 12.2. The molecule has 0 amide bonds. The number of ketones is 1. The summed E-state index contributed by atoms with van der Waals surface area (Å²) in [7, 11) is 1.82. The maximum atomic E-state index is 12.4. The molecule has 1 N–H and O–H groups in total. The van der Waals surface area contributed by atoms with Gasteiger partial charge in [-0.2, -0.15) is 0 Å². The number of aromatic nitrogens is 3. The minimum Gasteiger partial charge on any atom is -0.316 e. The molecule has 5 heteroatoms. The van der Waals surface area contributed by atoms with Crippen LogP contribution in [0, 0.1) is 5.41 Å². The molecular weight excluding hydrogens is 216 g/mol. The summed E-state index contributed by atoms with van der Waals surface area (Å²) >= 11 is 0. The van der Waals surface area contributed by atoms with E-state index < -0.39 is 0 Å². The van der Waals surface area contributed by atoms with Gasteiger partial charge in [0, 0.05) is 25.2 Å². The minimum atomic E-state index is -0.160. The molecule has 17 heavy (non-hydrogen) atoms. The van der Waals surface area contributed by atoms with Gasteiger partial charge in [0.05, 0.1) is 12.1 Å². The maximum Gasteiger partial charge on any atom is 0.146 e. The number of Topliss-reactive ketones (excluding diaryl/α,β-unsaturated/α-hetero) is 1. The number of nitrogens with zero attached hydrogens (tertiary/aromatic N) is 3. The Morgan fingerprint density at radius 1 is 1.65 bits per heavy atom. The Hall–Kier alpha value is -1.23. The van der Waals surface area contributed by atoms with Crippen molar-refractivity contribution in [2.45, 2.75) is 32.6 Å². The zero-order chi connectivity index (χ0) is 12.3. The van der Waals surface area contributed by atoms with E-state index in [0.717, 1.165) is 38.0 Å². The van der Waals surface area contributed by atoms with E-state index in [9.17, 15) is 4.79 Å². The Morgan fingerprint density at radius 2 is 2.47 bits per heavy atom. The zero-order valence-corrected chi connectivity index (χ0v) is 10.6. The van der Waals surface area contributed by atoms with E-state index >= 15 is 0 Å². The monoisotopic (exact) mass is 236 g/mol. The highest BCUT2D eigenvalue weighted by molar-refractivity contribution is 5.87. The number of carbonyl (C=O) groups is 1. The van der Waals surface area contributed by atoms with Crippen molar-refractivity contribution in [3.8, 4) is 0 Å². The largest absolute Gasteiger partial charge is 0.316 e. The molecule has 1 aliphatic rings.